The molecule has 1 amide bonds. The lowest BCUT2D eigenvalue weighted by molar-refractivity contribution is -0.137. The predicted molar refractivity (Wildman–Crippen MR) is 151 cm³/mol. The Morgan fingerprint density at radius 3 is 2.47 bits per heavy atom. The molecule has 226 valence electrons. The Labute approximate surface area is 247 Å². The number of hydrogen-bond donors (Lipinski definition) is 1. The van der Waals surface area contributed by atoms with Crippen molar-refractivity contribution in [3.8, 4) is 28.9 Å². The summed E-state index contributed by atoms with van der Waals surface area (Å²) in [5.74, 6) is -0.644. The van der Waals surface area contributed by atoms with Crippen LogP contribution in [0.3, 0.4) is 0 Å². The van der Waals surface area contributed by atoms with E-state index in [1.807, 2.05) is 29.2 Å². The lowest BCUT2D eigenvalue weighted by atomic mass is 9.76. The van der Waals surface area contributed by atoms with Gasteiger partial charge in [0.05, 0.1) is 23.1 Å². The van der Waals surface area contributed by atoms with Crippen molar-refractivity contribution in [2.24, 2.45) is 5.92 Å². The van der Waals surface area contributed by atoms with E-state index < -0.39 is 39.0 Å². The van der Waals surface area contributed by atoms with Gasteiger partial charge in [-0.3, -0.25) is 9.78 Å². The van der Waals surface area contributed by atoms with E-state index in [9.17, 15) is 31.6 Å². The number of alkyl halides is 3. The van der Waals surface area contributed by atoms with Gasteiger partial charge in [0.2, 0.25) is 11.8 Å². The van der Waals surface area contributed by atoms with E-state index in [4.69, 9.17) is 9.40 Å². The minimum Gasteiger partial charge on any atom is -0.439 e. The molecule has 43 heavy (non-hydrogen) atoms. The van der Waals surface area contributed by atoms with Crippen LogP contribution in [0.1, 0.15) is 55.8 Å². The SMILES string of the molecule is N#CC1(NC(=O)[C@@H]2CCCC[C@H]2c2oc(-c3ccc(C(F)(F)F)cn3)nc2-c2ccccc2N2CCS(=O)(=O)CC2)CC1. The Balaban J connectivity index is 1.43. The molecule has 3 heterocycles. The second kappa shape index (κ2) is 11.0. The van der Waals surface area contributed by atoms with Crippen molar-refractivity contribution < 1.29 is 30.8 Å². The number of sulfone groups is 1. The first kappa shape index (κ1) is 29.2. The van der Waals surface area contributed by atoms with Crippen LogP contribution in [-0.4, -0.2) is 54.4 Å². The summed E-state index contributed by atoms with van der Waals surface area (Å²) in [7, 11) is -3.13. The van der Waals surface area contributed by atoms with Crippen LogP contribution in [0.4, 0.5) is 18.9 Å². The van der Waals surface area contributed by atoms with Crippen LogP contribution < -0.4 is 10.2 Å². The van der Waals surface area contributed by atoms with E-state index in [1.54, 1.807) is 0 Å². The quantitative estimate of drug-likeness (QED) is 0.407. The average molecular weight is 614 g/mol. The van der Waals surface area contributed by atoms with Gasteiger partial charge in [-0.25, -0.2) is 13.4 Å². The minimum atomic E-state index is -4.55. The van der Waals surface area contributed by atoms with Crippen molar-refractivity contribution in [3.63, 3.8) is 0 Å². The Morgan fingerprint density at radius 1 is 1.09 bits per heavy atom. The highest BCUT2D eigenvalue weighted by Gasteiger charge is 2.47. The summed E-state index contributed by atoms with van der Waals surface area (Å²) in [5.41, 5.74) is 0.229. The monoisotopic (exact) mass is 613 g/mol. The molecular weight excluding hydrogens is 583 g/mol. The highest BCUT2D eigenvalue weighted by Crippen LogP contribution is 2.46. The molecule has 1 aliphatic heterocycles. The molecule has 0 radical (unpaired) electrons. The fraction of sp³-hybridized carbons (Fsp3) is 0.467. The largest absolute Gasteiger partial charge is 0.439 e. The van der Waals surface area contributed by atoms with Gasteiger partial charge >= 0.3 is 6.18 Å². The van der Waals surface area contributed by atoms with Gasteiger partial charge in [-0.15, -0.1) is 0 Å². The fourth-order valence-electron chi connectivity index (χ4n) is 5.95. The van der Waals surface area contributed by atoms with E-state index >= 15 is 0 Å². The van der Waals surface area contributed by atoms with Gasteiger partial charge in [0, 0.05) is 42.4 Å². The average Bonchev–Trinajstić information content (AvgIpc) is 3.63. The molecule has 6 rings (SSSR count). The van der Waals surface area contributed by atoms with E-state index in [0.29, 0.717) is 55.8 Å². The molecule has 3 aliphatic rings. The number of oxazole rings is 1. The van der Waals surface area contributed by atoms with Gasteiger partial charge < -0.3 is 14.6 Å². The molecule has 13 heteroatoms. The zero-order valence-electron chi connectivity index (χ0n) is 23.2. The minimum absolute atomic E-state index is 0.0131. The van der Waals surface area contributed by atoms with Gasteiger partial charge in [0.1, 0.15) is 22.7 Å². The standard InChI is InChI=1S/C30H30F3N5O4S/c31-30(32,33)19-9-10-23(35-17-19)28-36-25(22-7-3-4-8-24(22)38-13-15-43(40,41)16-14-38)26(42-28)20-5-1-2-6-21(20)27(39)37-29(18-34)11-12-29/h3-4,7-10,17,20-21H,1-2,5-6,11-16H2,(H,37,39)/t20-,21-/m1/s1. The van der Waals surface area contributed by atoms with Crippen LogP contribution in [0.25, 0.3) is 22.8 Å². The number of para-hydroxylation sites is 1. The summed E-state index contributed by atoms with van der Waals surface area (Å²) < 4.78 is 70.2. The van der Waals surface area contributed by atoms with Crippen LogP contribution in [-0.2, 0) is 20.8 Å². The molecule has 0 unspecified atom stereocenters. The van der Waals surface area contributed by atoms with Crippen LogP contribution in [0, 0.1) is 17.2 Å². The number of anilines is 1. The third-order valence-corrected chi connectivity index (χ3v) is 10.2. The van der Waals surface area contributed by atoms with Gasteiger partial charge in [-0.2, -0.15) is 18.4 Å². The number of nitriles is 1. The van der Waals surface area contributed by atoms with Gasteiger partial charge in [0.15, 0.2) is 9.84 Å². The Bertz CT molecular complexity index is 1660. The molecule has 1 aromatic carbocycles. The lowest BCUT2D eigenvalue weighted by Crippen LogP contribution is -2.42. The first-order valence-electron chi connectivity index (χ1n) is 14.3. The zero-order valence-corrected chi connectivity index (χ0v) is 24.0. The normalized spacial score (nSPS) is 22.9. The van der Waals surface area contributed by atoms with Crippen molar-refractivity contribution in [2.75, 3.05) is 29.5 Å². The van der Waals surface area contributed by atoms with Crippen LogP contribution in [0.15, 0.2) is 47.0 Å². The number of nitrogens with zero attached hydrogens (tertiary/aromatic N) is 4. The predicted octanol–water partition coefficient (Wildman–Crippen LogP) is 5.10. The Morgan fingerprint density at radius 2 is 1.81 bits per heavy atom. The maximum atomic E-state index is 13.5. The number of carbonyl (C=O) groups excluding carboxylic acids is 1. The van der Waals surface area contributed by atoms with Crippen LogP contribution in [0.5, 0.6) is 0 Å². The summed E-state index contributed by atoms with van der Waals surface area (Å²) in [6.07, 6.45) is 0.230. The molecule has 0 bridgehead atoms. The smallest absolute Gasteiger partial charge is 0.417 e. The molecule has 3 fully saturated rings. The molecule has 2 saturated carbocycles. The summed E-state index contributed by atoms with van der Waals surface area (Å²) in [6.45, 7) is 0.592. The molecule has 2 aliphatic carbocycles. The topological polar surface area (TPSA) is 129 Å². The number of aromatic nitrogens is 2. The van der Waals surface area contributed by atoms with E-state index in [1.165, 1.54) is 6.07 Å². The first-order valence-corrected chi connectivity index (χ1v) is 16.1. The number of benzene rings is 1. The molecule has 9 nitrogen and oxygen atoms in total. The second-order valence-electron chi connectivity index (χ2n) is 11.5. The molecule has 1 N–H and O–H groups in total. The van der Waals surface area contributed by atoms with E-state index in [2.05, 4.69) is 16.4 Å². The first-order chi connectivity index (χ1) is 20.5. The lowest BCUT2D eigenvalue weighted by Gasteiger charge is -2.32. The molecule has 3 aromatic rings. The number of rotatable bonds is 6. The maximum absolute atomic E-state index is 13.5. The maximum Gasteiger partial charge on any atom is 0.417 e. The third kappa shape index (κ3) is 5.98. The van der Waals surface area contributed by atoms with Crippen molar-refractivity contribution in [1.82, 2.24) is 15.3 Å². The number of carbonyl (C=O) groups is 1. The number of halogens is 3. The molecule has 0 spiro atoms. The fourth-order valence-corrected chi connectivity index (χ4v) is 7.15. The molecular formula is C30H30F3N5O4S. The van der Waals surface area contributed by atoms with Gasteiger partial charge in [-0.1, -0.05) is 31.0 Å². The molecule has 1 saturated heterocycles. The highest BCUT2D eigenvalue weighted by molar-refractivity contribution is 7.91. The summed E-state index contributed by atoms with van der Waals surface area (Å²) in [6, 6.07) is 11.7. The van der Waals surface area contributed by atoms with Gasteiger partial charge in [-0.05, 0) is 43.9 Å². The Kier molecular flexibility index (Phi) is 7.44. The highest BCUT2D eigenvalue weighted by atomic mass is 32.2. The number of nitrogens with one attached hydrogen (secondary N) is 1. The molecule has 2 aromatic heterocycles. The van der Waals surface area contributed by atoms with E-state index in [-0.39, 0.29) is 29.0 Å². The van der Waals surface area contributed by atoms with Crippen molar-refractivity contribution in [1.29, 1.82) is 5.26 Å². The summed E-state index contributed by atoms with van der Waals surface area (Å²) in [5, 5.41) is 12.5. The molecule has 2 atom stereocenters. The number of amides is 1. The van der Waals surface area contributed by atoms with Crippen LogP contribution in [0.2, 0.25) is 0 Å². The summed E-state index contributed by atoms with van der Waals surface area (Å²) in [4.78, 5) is 24.2. The van der Waals surface area contributed by atoms with Crippen molar-refractivity contribution >= 4 is 21.4 Å². The second-order valence-corrected chi connectivity index (χ2v) is 13.8. The van der Waals surface area contributed by atoms with Crippen molar-refractivity contribution in [3.05, 3.63) is 53.9 Å². The summed E-state index contributed by atoms with van der Waals surface area (Å²) >= 11 is 0. The van der Waals surface area contributed by atoms with Crippen LogP contribution >= 0.6 is 0 Å². The van der Waals surface area contributed by atoms with E-state index in [0.717, 1.165) is 30.8 Å². The third-order valence-electron chi connectivity index (χ3n) is 8.57. The number of hydrogen-bond acceptors (Lipinski definition) is 8. The Hall–Kier alpha value is -3.92. The number of pyridine rings is 1. The van der Waals surface area contributed by atoms with Gasteiger partial charge in [0.25, 0.3) is 0 Å². The zero-order chi connectivity index (χ0) is 30.4. The van der Waals surface area contributed by atoms with Crippen molar-refractivity contribution in [2.45, 2.75) is 56.2 Å².